The highest BCUT2D eigenvalue weighted by atomic mass is 35.5. The van der Waals surface area contributed by atoms with Crippen molar-refractivity contribution in [3.8, 4) is 0 Å². The molecule has 16 heavy (non-hydrogen) atoms. The zero-order valence-electron chi connectivity index (χ0n) is 9.92. The Morgan fingerprint density at radius 2 is 2.25 bits per heavy atom. The number of hydrogen-bond acceptors (Lipinski definition) is 4. The molecule has 0 fully saturated rings. The Morgan fingerprint density at radius 1 is 1.56 bits per heavy atom. The third-order valence-corrected chi connectivity index (χ3v) is 2.55. The van der Waals surface area contributed by atoms with Crippen LogP contribution in [0.3, 0.4) is 0 Å². The van der Waals surface area contributed by atoms with Crippen LogP contribution < -0.4 is 5.32 Å². The molecular weight excluding hydrogens is 226 g/mol. The van der Waals surface area contributed by atoms with Gasteiger partial charge in [0, 0.05) is 18.3 Å². The summed E-state index contributed by atoms with van der Waals surface area (Å²) in [6.07, 6.45) is 3.35. The summed E-state index contributed by atoms with van der Waals surface area (Å²) in [7, 11) is 0. The van der Waals surface area contributed by atoms with E-state index in [9.17, 15) is 5.11 Å². The third kappa shape index (κ3) is 3.94. The molecule has 1 aromatic rings. The number of nitrogens with one attached hydrogen (secondary N) is 1. The zero-order valence-corrected chi connectivity index (χ0v) is 10.7. The van der Waals surface area contributed by atoms with E-state index < -0.39 is 5.60 Å². The summed E-state index contributed by atoms with van der Waals surface area (Å²) in [6.45, 7) is 6.20. The van der Waals surface area contributed by atoms with Gasteiger partial charge in [-0.25, -0.2) is 9.97 Å². The first-order chi connectivity index (χ1) is 7.44. The number of aliphatic hydroxyl groups is 1. The van der Waals surface area contributed by atoms with E-state index in [4.69, 9.17) is 11.6 Å². The Kier molecular flexibility index (Phi) is 4.50. The van der Waals surface area contributed by atoms with Gasteiger partial charge in [0.2, 0.25) is 5.28 Å². The number of aryl methyl sites for hydroxylation is 1. The predicted molar refractivity (Wildman–Crippen MR) is 65.8 cm³/mol. The molecule has 2 N–H and O–H groups in total. The molecule has 0 spiro atoms. The van der Waals surface area contributed by atoms with Crippen molar-refractivity contribution in [2.24, 2.45) is 0 Å². The largest absolute Gasteiger partial charge is 0.388 e. The fourth-order valence-electron chi connectivity index (χ4n) is 1.50. The average Bonchev–Trinajstić information content (AvgIpc) is 2.19. The first-order valence-electron chi connectivity index (χ1n) is 5.40. The Bertz CT molecular complexity index is 355. The zero-order chi connectivity index (χ0) is 12.2. The molecule has 1 heterocycles. The fourth-order valence-corrected chi connectivity index (χ4v) is 1.63. The van der Waals surface area contributed by atoms with Gasteiger partial charge in [-0.05, 0) is 31.9 Å². The standard InChI is InChI=1S/C11H18ClN3O/c1-4-5-11(3,16)7-14-9-8(2)6-13-10(12)15-9/h6,16H,4-5,7H2,1-3H3,(H,13,14,15). The Hall–Kier alpha value is -0.870. The molecule has 0 aromatic carbocycles. The molecule has 1 unspecified atom stereocenters. The maximum Gasteiger partial charge on any atom is 0.224 e. The van der Waals surface area contributed by atoms with Crippen LogP contribution in [-0.2, 0) is 0 Å². The van der Waals surface area contributed by atoms with E-state index in [0.717, 1.165) is 18.4 Å². The van der Waals surface area contributed by atoms with Crippen molar-refractivity contribution < 1.29 is 5.11 Å². The summed E-state index contributed by atoms with van der Waals surface area (Å²) in [5, 5.41) is 13.3. The van der Waals surface area contributed by atoms with Gasteiger partial charge in [-0.1, -0.05) is 13.3 Å². The number of halogens is 1. The van der Waals surface area contributed by atoms with Crippen LogP contribution in [0.15, 0.2) is 6.20 Å². The van der Waals surface area contributed by atoms with Crippen molar-refractivity contribution in [3.05, 3.63) is 17.0 Å². The highest BCUT2D eigenvalue weighted by Crippen LogP contribution is 2.16. The molecule has 5 heteroatoms. The molecule has 0 saturated heterocycles. The van der Waals surface area contributed by atoms with Crippen molar-refractivity contribution in [3.63, 3.8) is 0 Å². The third-order valence-electron chi connectivity index (χ3n) is 2.37. The summed E-state index contributed by atoms with van der Waals surface area (Å²) in [4.78, 5) is 7.94. The van der Waals surface area contributed by atoms with Crippen molar-refractivity contribution in [1.82, 2.24) is 9.97 Å². The molecule has 4 nitrogen and oxygen atoms in total. The minimum Gasteiger partial charge on any atom is -0.388 e. The van der Waals surface area contributed by atoms with Gasteiger partial charge in [0.25, 0.3) is 0 Å². The van der Waals surface area contributed by atoms with Gasteiger partial charge in [-0.3, -0.25) is 0 Å². The molecule has 0 amide bonds. The van der Waals surface area contributed by atoms with E-state index in [0.29, 0.717) is 12.4 Å². The van der Waals surface area contributed by atoms with Crippen LogP contribution in [0, 0.1) is 6.92 Å². The molecule has 0 bridgehead atoms. The smallest absolute Gasteiger partial charge is 0.224 e. The lowest BCUT2D eigenvalue weighted by atomic mass is 10.0. The van der Waals surface area contributed by atoms with Crippen LogP contribution in [0.4, 0.5) is 5.82 Å². The number of hydrogen-bond donors (Lipinski definition) is 2. The minimum atomic E-state index is -0.724. The molecular formula is C11H18ClN3O. The highest BCUT2D eigenvalue weighted by molar-refractivity contribution is 6.28. The lowest BCUT2D eigenvalue weighted by Crippen LogP contribution is -2.33. The van der Waals surface area contributed by atoms with E-state index >= 15 is 0 Å². The van der Waals surface area contributed by atoms with Crippen LogP contribution >= 0.6 is 11.6 Å². The van der Waals surface area contributed by atoms with E-state index in [-0.39, 0.29) is 5.28 Å². The van der Waals surface area contributed by atoms with Crippen molar-refractivity contribution in [2.45, 2.75) is 39.2 Å². The van der Waals surface area contributed by atoms with Gasteiger partial charge in [0.05, 0.1) is 5.60 Å². The second-order valence-electron chi connectivity index (χ2n) is 4.27. The summed E-state index contributed by atoms with van der Waals surface area (Å²) in [6, 6.07) is 0. The van der Waals surface area contributed by atoms with Gasteiger partial charge in [0.15, 0.2) is 0 Å². The topological polar surface area (TPSA) is 58.0 Å². The maximum absolute atomic E-state index is 10.00. The van der Waals surface area contributed by atoms with Gasteiger partial charge < -0.3 is 10.4 Å². The molecule has 0 saturated carbocycles. The van der Waals surface area contributed by atoms with Crippen LogP contribution in [0.1, 0.15) is 32.3 Å². The number of nitrogens with zero attached hydrogens (tertiary/aromatic N) is 2. The van der Waals surface area contributed by atoms with Crippen LogP contribution in [0.25, 0.3) is 0 Å². The van der Waals surface area contributed by atoms with Crippen LogP contribution in [0.2, 0.25) is 5.28 Å². The number of aromatic nitrogens is 2. The maximum atomic E-state index is 10.00. The Labute approximate surface area is 101 Å². The number of rotatable bonds is 5. The Morgan fingerprint density at radius 3 is 2.88 bits per heavy atom. The normalized spacial score (nSPS) is 14.6. The van der Waals surface area contributed by atoms with Crippen molar-refractivity contribution in [2.75, 3.05) is 11.9 Å². The van der Waals surface area contributed by atoms with Crippen molar-refractivity contribution >= 4 is 17.4 Å². The van der Waals surface area contributed by atoms with E-state index in [1.54, 1.807) is 6.20 Å². The molecule has 0 aliphatic heterocycles. The second kappa shape index (κ2) is 5.46. The summed E-state index contributed by atoms with van der Waals surface area (Å²) >= 11 is 5.70. The first kappa shape index (κ1) is 13.2. The molecule has 1 atom stereocenters. The minimum absolute atomic E-state index is 0.211. The van der Waals surface area contributed by atoms with Gasteiger partial charge in [-0.15, -0.1) is 0 Å². The lowest BCUT2D eigenvalue weighted by Gasteiger charge is -2.23. The summed E-state index contributed by atoms with van der Waals surface area (Å²) in [5.41, 5.74) is 0.190. The molecule has 0 radical (unpaired) electrons. The van der Waals surface area contributed by atoms with Gasteiger partial charge in [-0.2, -0.15) is 0 Å². The van der Waals surface area contributed by atoms with Gasteiger partial charge >= 0.3 is 0 Å². The second-order valence-corrected chi connectivity index (χ2v) is 4.61. The van der Waals surface area contributed by atoms with Gasteiger partial charge in [0.1, 0.15) is 5.82 Å². The fraction of sp³-hybridized carbons (Fsp3) is 0.636. The quantitative estimate of drug-likeness (QED) is 0.780. The Balaban J connectivity index is 2.63. The monoisotopic (exact) mass is 243 g/mol. The van der Waals surface area contributed by atoms with Crippen LogP contribution in [-0.4, -0.2) is 27.2 Å². The summed E-state index contributed by atoms with van der Waals surface area (Å²) in [5.74, 6) is 0.677. The predicted octanol–water partition coefficient (Wildman–Crippen LogP) is 2.40. The average molecular weight is 244 g/mol. The van der Waals surface area contributed by atoms with Crippen molar-refractivity contribution in [1.29, 1.82) is 0 Å². The molecule has 1 aromatic heterocycles. The number of anilines is 1. The van der Waals surface area contributed by atoms with E-state index in [1.165, 1.54) is 0 Å². The molecule has 90 valence electrons. The lowest BCUT2D eigenvalue weighted by molar-refractivity contribution is 0.0636. The first-order valence-corrected chi connectivity index (χ1v) is 5.78. The SMILES string of the molecule is CCCC(C)(O)CNc1nc(Cl)ncc1C. The van der Waals surface area contributed by atoms with E-state index in [1.807, 2.05) is 20.8 Å². The molecule has 1 rings (SSSR count). The molecule has 0 aliphatic rings. The van der Waals surface area contributed by atoms with Crippen LogP contribution in [0.5, 0.6) is 0 Å². The van der Waals surface area contributed by atoms with E-state index in [2.05, 4.69) is 15.3 Å². The highest BCUT2D eigenvalue weighted by Gasteiger charge is 2.19. The summed E-state index contributed by atoms with van der Waals surface area (Å²) < 4.78 is 0. The molecule has 0 aliphatic carbocycles.